The lowest BCUT2D eigenvalue weighted by molar-refractivity contribution is 0.216. The Labute approximate surface area is 124 Å². The van der Waals surface area contributed by atoms with Crippen molar-refractivity contribution in [1.29, 1.82) is 5.26 Å². The van der Waals surface area contributed by atoms with E-state index >= 15 is 0 Å². The highest BCUT2D eigenvalue weighted by Crippen LogP contribution is 2.20. The average molecular weight is 336 g/mol. The van der Waals surface area contributed by atoms with E-state index in [-0.39, 0.29) is 12.4 Å². The molecule has 0 aliphatic rings. The topological polar surface area (TPSA) is 42.2 Å². The van der Waals surface area contributed by atoms with Crippen LogP contribution in [-0.2, 0) is 0 Å². The summed E-state index contributed by atoms with van der Waals surface area (Å²) in [5.41, 5.74) is 0.539. The summed E-state index contributed by atoms with van der Waals surface area (Å²) in [6.07, 6.45) is 0. The summed E-state index contributed by atoms with van der Waals surface area (Å²) in [6.45, 7) is 0.593. The highest BCUT2D eigenvalue weighted by atomic mass is 79.9. The molecule has 0 unspecified atom stereocenters. The second-order valence-electron chi connectivity index (χ2n) is 3.94. The minimum atomic E-state index is -0.364. The van der Waals surface area contributed by atoms with E-state index in [1.54, 1.807) is 30.3 Å². The standard InChI is InChI=1S/C15H11BrFNO2/c16-12-7-13(17)9-15(8-12)20-5-4-19-14-3-1-2-11(6-14)10-18/h1-3,6-9H,4-5H2. The normalized spacial score (nSPS) is 9.85. The molecular weight excluding hydrogens is 325 g/mol. The van der Waals surface area contributed by atoms with Crippen LogP contribution in [0.4, 0.5) is 4.39 Å². The van der Waals surface area contributed by atoms with Gasteiger partial charge >= 0.3 is 0 Å². The maximum atomic E-state index is 13.1. The van der Waals surface area contributed by atoms with Crippen LogP contribution in [0.2, 0.25) is 0 Å². The molecule has 0 aliphatic heterocycles. The van der Waals surface area contributed by atoms with Crippen molar-refractivity contribution in [1.82, 2.24) is 0 Å². The summed E-state index contributed by atoms with van der Waals surface area (Å²) in [4.78, 5) is 0. The van der Waals surface area contributed by atoms with Crippen molar-refractivity contribution in [2.45, 2.75) is 0 Å². The summed E-state index contributed by atoms with van der Waals surface area (Å²) in [5, 5.41) is 8.76. The molecule has 0 bridgehead atoms. The molecule has 0 aliphatic carbocycles. The van der Waals surface area contributed by atoms with Crippen LogP contribution in [0.1, 0.15) is 5.56 Å². The van der Waals surface area contributed by atoms with Crippen LogP contribution in [0, 0.1) is 17.1 Å². The zero-order chi connectivity index (χ0) is 14.4. The lowest BCUT2D eigenvalue weighted by Crippen LogP contribution is -2.09. The van der Waals surface area contributed by atoms with Gasteiger partial charge in [0.25, 0.3) is 0 Å². The Morgan fingerprint density at radius 3 is 2.50 bits per heavy atom. The fourth-order valence-corrected chi connectivity index (χ4v) is 2.03. The van der Waals surface area contributed by atoms with Crippen molar-refractivity contribution in [2.75, 3.05) is 13.2 Å². The quantitative estimate of drug-likeness (QED) is 0.778. The van der Waals surface area contributed by atoms with Gasteiger partial charge in [-0.25, -0.2) is 4.39 Å². The molecule has 0 aromatic heterocycles. The molecule has 20 heavy (non-hydrogen) atoms. The van der Waals surface area contributed by atoms with Gasteiger partial charge < -0.3 is 9.47 Å². The van der Waals surface area contributed by atoms with E-state index in [0.29, 0.717) is 28.1 Å². The third kappa shape index (κ3) is 4.25. The molecule has 0 atom stereocenters. The van der Waals surface area contributed by atoms with E-state index in [2.05, 4.69) is 15.9 Å². The largest absolute Gasteiger partial charge is 0.490 e. The van der Waals surface area contributed by atoms with E-state index in [1.165, 1.54) is 12.1 Å². The van der Waals surface area contributed by atoms with Crippen molar-refractivity contribution in [3.05, 3.63) is 58.3 Å². The smallest absolute Gasteiger partial charge is 0.128 e. The average Bonchev–Trinajstić information content (AvgIpc) is 2.43. The zero-order valence-electron chi connectivity index (χ0n) is 10.5. The Bertz CT molecular complexity index is 620. The van der Waals surface area contributed by atoms with E-state index in [9.17, 15) is 4.39 Å². The fourth-order valence-electron chi connectivity index (χ4n) is 1.59. The van der Waals surface area contributed by atoms with Crippen molar-refractivity contribution in [2.24, 2.45) is 0 Å². The van der Waals surface area contributed by atoms with Gasteiger partial charge in [0.15, 0.2) is 0 Å². The molecule has 0 amide bonds. The minimum absolute atomic E-state index is 0.284. The molecule has 0 radical (unpaired) electrons. The molecule has 5 heteroatoms. The number of benzene rings is 2. The Kier molecular flexibility index (Phi) is 4.97. The highest BCUT2D eigenvalue weighted by Gasteiger charge is 2.01. The summed E-state index contributed by atoms with van der Waals surface area (Å²) < 4.78 is 24.6. The first-order valence-corrected chi connectivity index (χ1v) is 6.68. The molecule has 0 heterocycles. The molecule has 2 aromatic rings. The summed E-state index contributed by atoms with van der Waals surface area (Å²) in [7, 11) is 0. The van der Waals surface area contributed by atoms with Gasteiger partial charge in [0.05, 0.1) is 11.6 Å². The van der Waals surface area contributed by atoms with Gasteiger partial charge in [-0.05, 0) is 30.3 Å². The lowest BCUT2D eigenvalue weighted by atomic mass is 10.2. The van der Waals surface area contributed by atoms with Gasteiger partial charge in [-0.3, -0.25) is 0 Å². The number of hydrogen-bond donors (Lipinski definition) is 0. The van der Waals surface area contributed by atoms with Gasteiger partial charge in [0.1, 0.15) is 30.5 Å². The monoisotopic (exact) mass is 335 g/mol. The van der Waals surface area contributed by atoms with Gasteiger partial charge in [-0.2, -0.15) is 5.26 Å². The zero-order valence-corrected chi connectivity index (χ0v) is 12.1. The Balaban J connectivity index is 1.83. The number of nitriles is 1. The van der Waals surface area contributed by atoms with E-state index in [4.69, 9.17) is 14.7 Å². The molecule has 0 spiro atoms. The maximum absolute atomic E-state index is 13.1. The lowest BCUT2D eigenvalue weighted by Gasteiger charge is -2.09. The second kappa shape index (κ2) is 6.92. The number of nitrogens with zero attached hydrogens (tertiary/aromatic N) is 1. The third-order valence-electron chi connectivity index (χ3n) is 2.42. The first-order valence-electron chi connectivity index (χ1n) is 5.89. The van der Waals surface area contributed by atoms with Crippen LogP contribution in [0.25, 0.3) is 0 Å². The summed E-state index contributed by atoms with van der Waals surface area (Å²) >= 11 is 3.19. The fraction of sp³-hybridized carbons (Fsp3) is 0.133. The van der Waals surface area contributed by atoms with E-state index in [0.717, 1.165) is 0 Å². The number of hydrogen-bond acceptors (Lipinski definition) is 3. The number of rotatable bonds is 5. The van der Waals surface area contributed by atoms with Crippen LogP contribution in [0.5, 0.6) is 11.5 Å². The molecule has 2 rings (SSSR count). The predicted molar refractivity (Wildman–Crippen MR) is 76.2 cm³/mol. The van der Waals surface area contributed by atoms with E-state index in [1.807, 2.05) is 6.07 Å². The van der Waals surface area contributed by atoms with Crippen LogP contribution < -0.4 is 9.47 Å². The van der Waals surface area contributed by atoms with Gasteiger partial charge in [-0.15, -0.1) is 0 Å². The molecule has 102 valence electrons. The van der Waals surface area contributed by atoms with Crippen LogP contribution >= 0.6 is 15.9 Å². The predicted octanol–water partition coefficient (Wildman–Crippen LogP) is 3.92. The SMILES string of the molecule is N#Cc1cccc(OCCOc2cc(F)cc(Br)c2)c1. The maximum Gasteiger partial charge on any atom is 0.128 e. The molecule has 3 nitrogen and oxygen atoms in total. The molecule has 2 aromatic carbocycles. The Morgan fingerprint density at radius 2 is 1.80 bits per heavy atom. The third-order valence-corrected chi connectivity index (χ3v) is 2.88. The highest BCUT2D eigenvalue weighted by molar-refractivity contribution is 9.10. The van der Waals surface area contributed by atoms with Crippen molar-refractivity contribution in [3.63, 3.8) is 0 Å². The van der Waals surface area contributed by atoms with Crippen LogP contribution in [0.15, 0.2) is 46.9 Å². The van der Waals surface area contributed by atoms with Gasteiger partial charge in [-0.1, -0.05) is 22.0 Å². The first kappa shape index (κ1) is 14.4. The number of ether oxygens (including phenoxy) is 2. The van der Waals surface area contributed by atoms with Crippen LogP contribution in [-0.4, -0.2) is 13.2 Å². The summed E-state index contributed by atoms with van der Waals surface area (Å²) in [5.74, 6) is 0.677. The van der Waals surface area contributed by atoms with E-state index < -0.39 is 0 Å². The molecule has 0 N–H and O–H groups in total. The van der Waals surface area contributed by atoms with Gasteiger partial charge in [0, 0.05) is 10.5 Å². The van der Waals surface area contributed by atoms with Crippen molar-refractivity contribution < 1.29 is 13.9 Å². The summed E-state index contributed by atoms with van der Waals surface area (Å²) in [6, 6.07) is 13.2. The Morgan fingerprint density at radius 1 is 1.05 bits per heavy atom. The second-order valence-corrected chi connectivity index (χ2v) is 4.86. The molecule has 0 saturated heterocycles. The molecular formula is C15H11BrFNO2. The molecule has 0 fully saturated rings. The van der Waals surface area contributed by atoms with Crippen molar-refractivity contribution >= 4 is 15.9 Å². The van der Waals surface area contributed by atoms with Gasteiger partial charge in [0.2, 0.25) is 0 Å². The Hall–Kier alpha value is -2.06. The number of halogens is 2. The first-order chi connectivity index (χ1) is 9.67. The molecule has 0 saturated carbocycles. The van der Waals surface area contributed by atoms with Crippen molar-refractivity contribution in [3.8, 4) is 17.6 Å². The van der Waals surface area contributed by atoms with Crippen LogP contribution in [0.3, 0.4) is 0 Å². The minimum Gasteiger partial charge on any atom is -0.490 e.